The summed E-state index contributed by atoms with van der Waals surface area (Å²) in [6.07, 6.45) is 0. The Morgan fingerprint density at radius 1 is 1.25 bits per heavy atom. The molecule has 0 saturated carbocycles. The van der Waals surface area contributed by atoms with Crippen LogP contribution in [0.5, 0.6) is 5.75 Å². The number of hydrogen-bond donors (Lipinski definition) is 1. The number of anilines is 1. The zero-order chi connectivity index (χ0) is 20.3. The minimum atomic E-state index is -0.253. The summed E-state index contributed by atoms with van der Waals surface area (Å²) in [5, 5.41) is 4.03. The summed E-state index contributed by atoms with van der Waals surface area (Å²) in [5.74, 6) is 0.810. The first-order valence-corrected chi connectivity index (χ1v) is 10.8. The molecule has 4 nitrogen and oxygen atoms in total. The Bertz CT molecular complexity index is 987. The van der Waals surface area contributed by atoms with Gasteiger partial charge in [-0.1, -0.05) is 43.6 Å². The van der Waals surface area contributed by atoms with Crippen LogP contribution in [-0.2, 0) is 4.79 Å². The van der Waals surface area contributed by atoms with Crippen LogP contribution in [0, 0.1) is 6.92 Å². The number of ether oxygens (including phenoxy) is 1. The zero-order valence-corrected chi connectivity index (χ0v) is 18.9. The maximum Gasteiger partial charge on any atom is 0.264 e. The van der Waals surface area contributed by atoms with Gasteiger partial charge in [0.2, 0.25) is 0 Å². The molecule has 0 atom stereocenters. The number of amides is 1. The second-order valence-electron chi connectivity index (χ2n) is 6.61. The highest BCUT2D eigenvalue weighted by atomic mass is 79.9. The number of carbonyl (C=O) groups is 1. The van der Waals surface area contributed by atoms with Crippen molar-refractivity contribution in [1.29, 1.82) is 0 Å². The molecule has 0 saturated heterocycles. The first-order chi connectivity index (χ1) is 13.3. The largest absolute Gasteiger partial charge is 0.483 e. The quantitative estimate of drug-likeness (QED) is 0.429. The first-order valence-electron chi connectivity index (χ1n) is 8.79. The standard InChI is InChI=1S/C21H20BrClN2O2S/c1-12(2)15-6-9-18(17(22)10-15)27-11-19(26)24-21-25-20(13(3)28-21)14-4-7-16(23)8-5-14/h4-10,12H,11H2,1-3H3,(H,24,25,26). The molecule has 1 aromatic heterocycles. The smallest absolute Gasteiger partial charge is 0.264 e. The summed E-state index contributed by atoms with van der Waals surface area (Å²) >= 11 is 10.9. The summed E-state index contributed by atoms with van der Waals surface area (Å²) in [7, 11) is 0. The average Bonchev–Trinajstić information content (AvgIpc) is 3.01. The third kappa shape index (κ3) is 5.13. The molecule has 0 radical (unpaired) electrons. The van der Waals surface area contributed by atoms with Crippen LogP contribution in [0.4, 0.5) is 5.13 Å². The lowest BCUT2D eigenvalue weighted by atomic mass is 10.0. The normalized spacial score (nSPS) is 10.9. The zero-order valence-electron chi connectivity index (χ0n) is 15.8. The molecule has 0 fully saturated rings. The molecule has 0 spiro atoms. The number of carbonyl (C=O) groups excluding carboxylic acids is 1. The van der Waals surface area contributed by atoms with E-state index in [0.29, 0.717) is 21.8 Å². The molecule has 1 amide bonds. The van der Waals surface area contributed by atoms with E-state index in [2.05, 4.69) is 40.1 Å². The molecule has 0 aliphatic rings. The van der Waals surface area contributed by atoms with E-state index in [4.69, 9.17) is 16.3 Å². The SMILES string of the molecule is Cc1sc(NC(=O)COc2ccc(C(C)C)cc2Br)nc1-c1ccc(Cl)cc1. The number of nitrogens with zero attached hydrogens (tertiary/aromatic N) is 1. The first kappa shape index (κ1) is 20.8. The number of aromatic nitrogens is 1. The van der Waals surface area contributed by atoms with Crippen molar-refractivity contribution in [2.45, 2.75) is 26.7 Å². The molecule has 1 heterocycles. The Labute approximate surface area is 182 Å². The third-order valence-electron chi connectivity index (χ3n) is 4.14. The van der Waals surface area contributed by atoms with Gasteiger partial charge in [0.05, 0.1) is 10.2 Å². The van der Waals surface area contributed by atoms with Gasteiger partial charge in [-0.25, -0.2) is 4.98 Å². The number of aryl methyl sites for hydroxylation is 1. The van der Waals surface area contributed by atoms with Crippen LogP contribution in [0.15, 0.2) is 46.9 Å². The van der Waals surface area contributed by atoms with E-state index in [1.807, 2.05) is 49.4 Å². The minimum Gasteiger partial charge on any atom is -0.483 e. The monoisotopic (exact) mass is 478 g/mol. The van der Waals surface area contributed by atoms with Gasteiger partial charge in [-0.2, -0.15) is 0 Å². The Kier molecular flexibility index (Phi) is 6.75. The molecule has 0 aliphatic heterocycles. The van der Waals surface area contributed by atoms with Gasteiger partial charge in [-0.3, -0.25) is 10.1 Å². The van der Waals surface area contributed by atoms with E-state index >= 15 is 0 Å². The number of nitrogens with one attached hydrogen (secondary N) is 1. The minimum absolute atomic E-state index is 0.0888. The van der Waals surface area contributed by atoms with Gasteiger partial charge in [-0.05, 0) is 58.6 Å². The molecule has 1 N–H and O–H groups in total. The number of hydrogen-bond acceptors (Lipinski definition) is 4. The van der Waals surface area contributed by atoms with Crippen molar-refractivity contribution in [2.24, 2.45) is 0 Å². The van der Waals surface area contributed by atoms with Crippen molar-refractivity contribution in [3.63, 3.8) is 0 Å². The van der Waals surface area contributed by atoms with Crippen LogP contribution in [0.25, 0.3) is 11.3 Å². The fourth-order valence-electron chi connectivity index (χ4n) is 2.62. The summed E-state index contributed by atoms with van der Waals surface area (Å²) < 4.78 is 6.48. The van der Waals surface area contributed by atoms with Crippen LogP contribution < -0.4 is 10.1 Å². The van der Waals surface area contributed by atoms with Crippen molar-refractivity contribution >= 4 is 49.9 Å². The van der Waals surface area contributed by atoms with Crippen molar-refractivity contribution < 1.29 is 9.53 Å². The van der Waals surface area contributed by atoms with Gasteiger partial charge in [0.15, 0.2) is 11.7 Å². The van der Waals surface area contributed by atoms with E-state index < -0.39 is 0 Å². The number of rotatable bonds is 6. The fourth-order valence-corrected chi connectivity index (χ4v) is 4.11. The lowest BCUT2D eigenvalue weighted by Crippen LogP contribution is -2.20. The highest BCUT2D eigenvalue weighted by Crippen LogP contribution is 2.31. The fraction of sp³-hybridized carbons (Fsp3) is 0.238. The molecule has 146 valence electrons. The van der Waals surface area contributed by atoms with Gasteiger partial charge >= 0.3 is 0 Å². The molecule has 28 heavy (non-hydrogen) atoms. The predicted molar refractivity (Wildman–Crippen MR) is 120 cm³/mol. The van der Waals surface area contributed by atoms with E-state index in [1.165, 1.54) is 16.9 Å². The van der Waals surface area contributed by atoms with Crippen molar-refractivity contribution in [3.8, 4) is 17.0 Å². The highest BCUT2D eigenvalue weighted by molar-refractivity contribution is 9.10. The molecular formula is C21H20BrClN2O2S. The summed E-state index contributed by atoms with van der Waals surface area (Å²) in [6.45, 7) is 6.14. The van der Waals surface area contributed by atoms with Gasteiger partial charge in [0.1, 0.15) is 5.75 Å². The number of thiazole rings is 1. The highest BCUT2D eigenvalue weighted by Gasteiger charge is 2.13. The molecular weight excluding hydrogens is 460 g/mol. The molecule has 0 bridgehead atoms. The molecule has 0 unspecified atom stereocenters. The van der Waals surface area contributed by atoms with Crippen molar-refractivity contribution in [2.75, 3.05) is 11.9 Å². The second kappa shape index (κ2) is 9.07. The lowest BCUT2D eigenvalue weighted by molar-refractivity contribution is -0.118. The maximum atomic E-state index is 12.3. The van der Waals surface area contributed by atoms with E-state index in [-0.39, 0.29) is 12.5 Å². The molecule has 7 heteroatoms. The lowest BCUT2D eigenvalue weighted by Gasteiger charge is -2.11. The molecule has 2 aromatic carbocycles. The van der Waals surface area contributed by atoms with Crippen LogP contribution in [0.3, 0.4) is 0 Å². The average molecular weight is 480 g/mol. The summed E-state index contributed by atoms with van der Waals surface area (Å²) in [5.41, 5.74) is 3.01. The van der Waals surface area contributed by atoms with Gasteiger partial charge in [0.25, 0.3) is 5.91 Å². The van der Waals surface area contributed by atoms with Crippen LogP contribution in [-0.4, -0.2) is 17.5 Å². The molecule has 3 aromatic rings. The van der Waals surface area contributed by atoms with Crippen LogP contribution >= 0.6 is 38.9 Å². The van der Waals surface area contributed by atoms with Gasteiger partial charge in [-0.15, -0.1) is 11.3 Å². The Morgan fingerprint density at radius 2 is 1.96 bits per heavy atom. The van der Waals surface area contributed by atoms with E-state index in [0.717, 1.165) is 20.6 Å². The predicted octanol–water partition coefficient (Wildman–Crippen LogP) is 6.68. The second-order valence-corrected chi connectivity index (χ2v) is 9.11. The Balaban J connectivity index is 1.62. The van der Waals surface area contributed by atoms with Crippen LogP contribution in [0.1, 0.15) is 30.2 Å². The van der Waals surface area contributed by atoms with Crippen LogP contribution in [0.2, 0.25) is 5.02 Å². The number of benzene rings is 2. The van der Waals surface area contributed by atoms with E-state index in [1.54, 1.807) is 0 Å². The Hall–Kier alpha value is -1.89. The van der Waals surface area contributed by atoms with Crippen molar-refractivity contribution in [3.05, 3.63) is 62.4 Å². The van der Waals surface area contributed by atoms with Crippen molar-refractivity contribution in [1.82, 2.24) is 4.98 Å². The summed E-state index contributed by atoms with van der Waals surface area (Å²) in [6, 6.07) is 13.4. The summed E-state index contributed by atoms with van der Waals surface area (Å²) in [4.78, 5) is 17.8. The third-order valence-corrected chi connectivity index (χ3v) is 5.90. The topological polar surface area (TPSA) is 51.2 Å². The Morgan fingerprint density at radius 3 is 2.61 bits per heavy atom. The molecule has 3 rings (SSSR count). The molecule has 0 aliphatic carbocycles. The van der Waals surface area contributed by atoms with Gasteiger partial charge < -0.3 is 4.74 Å². The maximum absolute atomic E-state index is 12.3. The van der Waals surface area contributed by atoms with Gasteiger partial charge in [0, 0.05) is 15.5 Å². The number of halogens is 2. The van der Waals surface area contributed by atoms with E-state index in [9.17, 15) is 4.79 Å².